The summed E-state index contributed by atoms with van der Waals surface area (Å²) < 4.78 is 0. The van der Waals surface area contributed by atoms with E-state index < -0.39 is 33.1 Å². The number of nitro groups is 2. The largest absolute Gasteiger partial charge is 0.479 e. The van der Waals surface area contributed by atoms with Crippen LogP contribution in [0.4, 0.5) is 0 Å². The lowest BCUT2D eigenvalue weighted by Crippen LogP contribution is -2.51. The van der Waals surface area contributed by atoms with Gasteiger partial charge in [0.05, 0.1) is 0 Å². The van der Waals surface area contributed by atoms with Crippen LogP contribution in [-0.4, -0.2) is 32.3 Å². The normalized spacial score (nSPS) is 14.0. The number of rotatable bonds is 6. The highest BCUT2D eigenvalue weighted by Gasteiger charge is 2.46. The minimum absolute atomic E-state index is 0.287. The summed E-state index contributed by atoms with van der Waals surface area (Å²) in [5.74, 6) is -2.28. The highest BCUT2D eigenvalue weighted by atomic mass is 16.8. The predicted octanol–water partition coefficient (Wildman–Crippen LogP) is 0.171. The Bertz CT molecular complexity index is 266. The zero-order valence-corrected chi connectivity index (χ0v) is 8.19. The van der Waals surface area contributed by atoms with Crippen molar-refractivity contribution in [3.05, 3.63) is 20.2 Å². The van der Waals surface area contributed by atoms with Gasteiger partial charge in [0.1, 0.15) is 0 Å². The molecule has 0 aliphatic rings. The Morgan fingerprint density at radius 1 is 1.40 bits per heavy atom. The molecule has 0 rings (SSSR count). The lowest BCUT2D eigenvalue weighted by atomic mass is 10.00. The van der Waals surface area contributed by atoms with Gasteiger partial charge in [-0.3, -0.25) is 0 Å². The Morgan fingerprint density at radius 2 is 1.80 bits per heavy atom. The fraction of sp³-hybridized carbons (Fsp3) is 0.833. The van der Waals surface area contributed by atoms with Gasteiger partial charge in [0.2, 0.25) is 10.1 Å². The number of carbonyl (C=O) groups is 1. The van der Waals surface area contributed by atoms with Gasteiger partial charge in [0.15, 0.2) is 5.12 Å². The molecular weight excluding hydrogens is 210 g/mol. The van der Waals surface area contributed by atoms with E-state index in [2.05, 4.69) is 0 Å². The van der Waals surface area contributed by atoms with Crippen LogP contribution in [0.3, 0.4) is 0 Å². The molecule has 0 fully saturated rings. The number of nitrogens with zero attached hydrogens (tertiary/aromatic N) is 3. The molecule has 0 aliphatic heterocycles. The molecule has 0 spiro atoms. The summed E-state index contributed by atoms with van der Waals surface area (Å²) >= 11 is 0. The van der Waals surface area contributed by atoms with Gasteiger partial charge >= 0.3 is 5.97 Å². The molecule has 1 N–H and O–H groups in total. The average Bonchev–Trinajstić information content (AvgIpc) is 2.10. The maximum Gasteiger partial charge on any atom is 0.339 e. The maximum absolute atomic E-state index is 10.7. The van der Waals surface area contributed by atoms with Crippen LogP contribution in [0.25, 0.3) is 0 Å². The van der Waals surface area contributed by atoms with Crippen LogP contribution in [0.5, 0.6) is 0 Å². The summed E-state index contributed by atoms with van der Waals surface area (Å²) in [6.45, 7) is 3.00. The van der Waals surface area contributed by atoms with Crippen LogP contribution in [-0.2, 0) is 4.79 Å². The maximum atomic E-state index is 10.7. The Kier molecular flexibility index (Phi) is 4.42. The second-order valence-electron chi connectivity index (χ2n) is 2.96. The second-order valence-corrected chi connectivity index (χ2v) is 2.96. The van der Waals surface area contributed by atoms with Gasteiger partial charge in [-0.15, -0.1) is 0 Å². The van der Waals surface area contributed by atoms with Crippen LogP contribution >= 0.6 is 0 Å². The first-order valence-electron chi connectivity index (χ1n) is 4.13. The number of carboxylic acid groups (broad SMARTS) is 1. The Hall–Kier alpha value is -1.93. The molecule has 0 aromatic rings. The van der Waals surface area contributed by atoms with Crippen molar-refractivity contribution < 1.29 is 20.0 Å². The van der Waals surface area contributed by atoms with Crippen molar-refractivity contribution in [3.63, 3.8) is 0 Å². The number of hydrogen-bond donors (Lipinski definition) is 1. The van der Waals surface area contributed by atoms with Gasteiger partial charge in [0, 0.05) is 0 Å². The van der Waals surface area contributed by atoms with E-state index >= 15 is 0 Å². The first-order chi connectivity index (χ1) is 6.82. The zero-order valence-electron chi connectivity index (χ0n) is 8.19. The molecule has 0 radical (unpaired) electrons. The monoisotopic (exact) mass is 221 g/mol. The lowest BCUT2D eigenvalue weighted by molar-refractivity contribution is -0.913. The molecule has 0 aromatic carbocycles. The van der Waals surface area contributed by atoms with Gasteiger partial charge in [0.25, 0.3) is 6.04 Å². The second kappa shape index (κ2) is 5.08. The highest BCUT2D eigenvalue weighted by Crippen LogP contribution is 2.15. The van der Waals surface area contributed by atoms with Crippen molar-refractivity contribution in [2.75, 3.05) is 0 Å². The van der Waals surface area contributed by atoms with Crippen molar-refractivity contribution in [2.24, 2.45) is 5.92 Å². The number of carboxylic acids is 1. The molecule has 0 amide bonds. The fourth-order valence-electron chi connectivity index (χ4n) is 1.06. The molecular formula is C6H11N3O6. The van der Waals surface area contributed by atoms with Crippen molar-refractivity contribution >= 4 is 5.97 Å². The lowest BCUT2D eigenvalue weighted by Gasteiger charge is -2.17. The first-order valence-corrected chi connectivity index (χ1v) is 4.13. The van der Waals surface area contributed by atoms with Gasteiger partial charge in [-0.05, 0) is 5.92 Å². The van der Waals surface area contributed by atoms with E-state index in [0.717, 1.165) is 0 Å². The zero-order chi connectivity index (χ0) is 12.2. The number of aliphatic carboxylic acids is 1. The van der Waals surface area contributed by atoms with Gasteiger partial charge < -0.3 is 5.11 Å². The molecule has 0 unspecified atom stereocenters. The van der Waals surface area contributed by atoms with E-state index in [1.54, 1.807) is 6.92 Å². The SMILES string of the molecule is CC[C@H](C)[C@@H](C(=O)O)N([N+](=O)[O-])[N+](=O)[O-]. The molecule has 0 saturated heterocycles. The van der Waals surface area contributed by atoms with Crippen LogP contribution in [0.2, 0.25) is 0 Å². The van der Waals surface area contributed by atoms with E-state index in [1.165, 1.54) is 6.92 Å². The van der Waals surface area contributed by atoms with E-state index in [-0.39, 0.29) is 6.42 Å². The average molecular weight is 221 g/mol. The smallest absolute Gasteiger partial charge is 0.339 e. The van der Waals surface area contributed by atoms with E-state index in [1.807, 2.05) is 0 Å². The predicted molar refractivity (Wildman–Crippen MR) is 46.7 cm³/mol. The van der Waals surface area contributed by atoms with Gasteiger partial charge in [-0.1, -0.05) is 20.3 Å². The molecule has 86 valence electrons. The molecule has 0 heterocycles. The molecule has 15 heavy (non-hydrogen) atoms. The minimum atomic E-state index is -1.76. The Morgan fingerprint density at radius 3 is 2.00 bits per heavy atom. The van der Waals surface area contributed by atoms with Gasteiger partial charge in [-0.25, -0.2) is 25.0 Å². The third-order valence-corrected chi connectivity index (χ3v) is 2.02. The van der Waals surface area contributed by atoms with E-state index in [4.69, 9.17) is 5.11 Å². The minimum Gasteiger partial charge on any atom is -0.479 e. The fourth-order valence-corrected chi connectivity index (χ4v) is 1.06. The third-order valence-electron chi connectivity index (χ3n) is 2.02. The van der Waals surface area contributed by atoms with Crippen molar-refractivity contribution in [1.82, 2.24) is 5.12 Å². The molecule has 0 saturated carbocycles. The van der Waals surface area contributed by atoms with Crippen molar-refractivity contribution in [3.8, 4) is 0 Å². The molecule has 0 aromatic heterocycles. The topological polar surface area (TPSA) is 127 Å². The van der Waals surface area contributed by atoms with E-state index in [0.29, 0.717) is 0 Å². The molecule has 0 aliphatic carbocycles. The number of hydrogen-bond acceptors (Lipinski definition) is 5. The number of hydrazine groups is 2. The van der Waals surface area contributed by atoms with Crippen LogP contribution in [0.15, 0.2) is 0 Å². The molecule has 2 atom stereocenters. The summed E-state index contributed by atoms with van der Waals surface area (Å²) in [7, 11) is 0. The first kappa shape index (κ1) is 13.1. The van der Waals surface area contributed by atoms with Crippen LogP contribution in [0.1, 0.15) is 20.3 Å². The summed E-state index contributed by atoms with van der Waals surface area (Å²) in [6.07, 6.45) is 0.287. The molecule has 0 bridgehead atoms. The summed E-state index contributed by atoms with van der Waals surface area (Å²) in [4.78, 5) is 31.4. The summed E-state index contributed by atoms with van der Waals surface area (Å²) in [6, 6.07) is -1.76. The standard InChI is InChI=1S/C6H11N3O6/c1-3-4(2)5(6(10)11)7(8(12)13)9(14)15/h4-5H,3H2,1-2H3,(H,10,11)/t4-,5-/m0/s1. The molecule has 9 heteroatoms. The van der Waals surface area contributed by atoms with Crippen molar-refractivity contribution in [1.29, 1.82) is 0 Å². The van der Waals surface area contributed by atoms with Crippen molar-refractivity contribution in [2.45, 2.75) is 26.3 Å². The summed E-state index contributed by atoms with van der Waals surface area (Å²) in [5, 5.41) is 26.2. The Labute approximate surface area is 84.5 Å². The van der Waals surface area contributed by atoms with E-state index in [9.17, 15) is 25.0 Å². The highest BCUT2D eigenvalue weighted by molar-refractivity contribution is 5.73. The summed E-state index contributed by atoms with van der Waals surface area (Å²) in [5.41, 5.74) is 0. The molecule has 9 nitrogen and oxygen atoms in total. The van der Waals surface area contributed by atoms with Crippen LogP contribution < -0.4 is 0 Å². The Balaban J connectivity index is 5.10. The third kappa shape index (κ3) is 3.04. The van der Waals surface area contributed by atoms with Crippen LogP contribution in [0, 0.1) is 26.1 Å². The quantitative estimate of drug-likeness (QED) is 0.500. The van der Waals surface area contributed by atoms with Gasteiger partial charge in [-0.2, -0.15) is 0 Å².